The van der Waals surface area contributed by atoms with Crippen LogP contribution in [0, 0.1) is 0 Å². The van der Waals surface area contributed by atoms with Gasteiger partial charge in [-0.3, -0.25) is 4.98 Å². The largest absolute Gasteiger partial charge is 0.474 e. The van der Waals surface area contributed by atoms with Gasteiger partial charge in [-0.05, 0) is 13.3 Å². The Morgan fingerprint density at radius 1 is 1.50 bits per heavy atom. The highest BCUT2D eigenvalue weighted by molar-refractivity contribution is 5.07. The number of aliphatic hydroxyl groups excluding tert-OH is 1. The molecule has 1 N–H and O–H groups in total. The summed E-state index contributed by atoms with van der Waals surface area (Å²) in [5.74, 6) is 0.484. The van der Waals surface area contributed by atoms with Gasteiger partial charge in [0.1, 0.15) is 0 Å². The van der Waals surface area contributed by atoms with Crippen molar-refractivity contribution in [1.29, 1.82) is 0 Å². The lowest BCUT2D eigenvalue weighted by atomic mass is 10.2. The van der Waals surface area contributed by atoms with Crippen LogP contribution in [0.25, 0.3) is 0 Å². The standard InChI is InChI=1S/C10H16N2O2/c1-3-4-8(2)14-10-6-11-5-9(7-13)12-10/h5-6,8,13H,3-4,7H2,1-2H3. The average Bonchev–Trinajstić information content (AvgIpc) is 2.18. The molecular weight excluding hydrogens is 180 g/mol. The summed E-state index contributed by atoms with van der Waals surface area (Å²) in [4.78, 5) is 8.00. The minimum Gasteiger partial charge on any atom is -0.474 e. The van der Waals surface area contributed by atoms with Gasteiger partial charge in [-0.15, -0.1) is 0 Å². The van der Waals surface area contributed by atoms with Crippen molar-refractivity contribution in [2.24, 2.45) is 0 Å². The van der Waals surface area contributed by atoms with E-state index in [0.717, 1.165) is 12.8 Å². The second kappa shape index (κ2) is 5.54. The van der Waals surface area contributed by atoms with Crippen LogP contribution in [0.4, 0.5) is 0 Å². The van der Waals surface area contributed by atoms with Gasteiger partial charge in [0.15, 0.2) is 0 Å². The highest BCUT2D eigenvalue weighted by Gasteiger charge is 2.04. The van der Waals surface area contributed by atoms with E-state index < -0.39 is 0 Å². The van der Waals surface area contributed by atoms with Crippen molar-refractivity contribution in [3.63, 3.8) is 0 Å². The van der Waals surface area contributed by atoms with Crippen LogP contribution in [0.1, 0.15) is 32.4 Å². The van der Waals surface area contributed by atoms with Crippen LogP contribution in [0.5, 0.6) is 5.88 Å². The lowest BCUT2D eigenvalue weighted by Crippen LogP contribution is -2.12. The van der Waals surface area contributed by atoms with Gasteiger partial charge in [0, 0.05) is 0 Å². The molecule has 14 heavy (non-hydrogen) atoms. The maximum Gasteiger partial charge on any atom is 0.232 e. The number of aliphatic hydroxyl groups is 1. The molecule has 0 fully saturated rings. The van der Waals surface area contributed by atoms with Crippen LogP contribution in [0.3, 0.4) is 0 Å². The Balaban J connectivity index is 2.57. The van der Waals surface area contributed by atoms with Crippen molar-refractivity contribution in [2.45, 2.75) is 39.4 Å². The molecule has 1 heterocycles. The van der Waals surface area contributed by atoms with Crippen molar-refractivity contribution in [2.75, 3.05) is 0 Å². The summed E-state index contributed by atoms with van der Waals surface area (Å²) < 4.78 is 5.51. The van der Waals surface area contributed by atoms with Crippen LogP contribution in [0.15, 0.2) is 12.4 Å². The fourth-order valence-electron chi connectivity index (χ4n) is 1.19. The second-order valence-electron chi connectivity index (χ2n) is 3.22. The topological polar surface area (TPSA) is 55.2 Å². The molecule has 1 aromatic heterocycles. The molecule has 4 heteroatoms. The maximum absolute atomic E-state index is 8.84. The smallest absolute Gasteiger partial charge is 0.232 e. The number of nitrogens with zero attached hydrogens (tertiary/aromatic N) is 2. The monoisotopic (exact) mass is 196 g/mol. The molecule has 0 radical (unpaired) electrons. The van der Waals surface area contributed by atoms with Crippen molar-refractivity contribution >= 4 is 0 Å². The molecule has 1 rings (SSSR count). The number of hydrogen-bond donors (Lipinski definition) is 1. The SMILES string of the molecule is CCCC(C)Oc1cncc(CO)n1. The van der Waals surface area contributed by atoms with E-state index in [9.17, 15) is 0 Å². The molecule has 0 aliphatic carbocycles. The third-order valence-electron chi connectivity index (χ3n) is 1.84. The summed E-state index contributed by atoms with van der Waals surface area (Å²) >= 11 is 0. The minimum absolute atomic E-state index is 0.105. The van der Waals surface area contributed by atoms with Gasteiger partial charge in [0.05, 0.1) is 30.8 Å². The Bertz CT molecular complexity index is 279. The first-order valence-corrected chi connectivity index (χ1v) is 4.84. The van der Waals surface area contributed by atoms with Gasteiger partial charge in [-0.2, -0.15) is 0 Å². The molecule has 0 saturated carbocycles. The lowest BCUT2D eigenvalue weighted by Gasteiger charge is -2.12. The van der Waals surface area contributed by atoms with E-state index in [1.807, 2.05) is 6.92 Å². The van der Waals surface area contributed by atoms with E-state index in [1.54, 1.807) is 6.20 Å². The van der Waals surface area contributed by atoms with Gasteiger partial charge >= 0.3 is 0 Å². The van der Waals surface area contributed by atoms with Crippen molar-refractivity contribution in [1.82, 2.24) is 9.97 Å². The molecule has 0 amide bonds. The summed E-state index contributed by atoms with van der Waals surface area (Å²) in [7, 11) is 0. The van der Waals surface area contributed by atoms with Crippen molar-refractivity contribution < 1.29 is 9.84 Å². The predicted octanol–water partition coefficient (Wildman–Crippen LogP) is 1.54. The molecule has 0 spiro atoms. The molecule has 78 valence electrons. The summed E-state index contributed by atoms with van der Waals surface area (Å²) in [6, 6.07) is 0. The molecule has 1 aromatic rings. The number of ether oxygens (including phenoxy) is 1. The van der Waals surface area contributed by atoms with Crippen LogP contribution in [-0.4, -0.2) is 21.2 Å². The zero-order valence-corrected chi connectivity index (χ0v) is 8.60. The molecule has 0 aliphatic heterocycles. The third-order valence-corrected chi connectivity index (χ3v) is 1.84. The average molecular weight is 196 g/mol. The van der Waals surface area contributed by atoms with Gasteiger partial charge in [-0.1, -0.05) is 13.3 Å². The Labute approximate surface area is 84.0 Å². The number of aromatic nitrogens is 2. The van der Waals surface area contributed by atoms with E-state index in [2.05, 4.69) is 16.9 Å². The van der Waals surface area contributed by atoms with E-state index in [4.69, 9.17) is 9.84 Å². The Morgan fingerprint density at radius 3 is 2.93 bits per heavy atom. The van der Waals surface area contributed by atoms with Gasteiger partial charge < -0.3 is 9.84 Å². The molecule has 0 saturated heterocycles. The Hall–Kier alpha value is -1.16. The van der Waals surface area contributed by atoms with Crippen LogP contribution in [-0.2, 0) is 6.61 Å². The first-order valence-electron chi connectivity index (χ1n) is 4.84. The van der Waals surface area contributed by atoms with E-state index in [-0.39, 0.29) is 12.7 Å². The highest BCUT2D eigenvalue weighted by Crippen LogP contribution is 2.10. The number of rotatable bonds is 5. The molecule has 0 aliphatic rings. The number of hydrogen-bond acceptors (Lipinski definition) is 4. The van der Waals surface area contributed by atoms with Crippen LogP contribution < -0.4 is 4.74 Å². The molecule has 1 atom stereocenters. The first kappa shape index (κ1) is 10.9. The molecular formula is C10H16N2O2. The van der Waals surface area contributed by atoms with E-state index >= 15 is 0 Å². The molecule has 0 bridgehead atoms. The van der Waals surface area contributed by atoms with Crippen LogP contribution >= 0.6 is 0 Å². The Morgan fingerprint density at radius 2 is 2.29 bits per heavy atom. The van der Waals surface area contributed by atoms with E-state index in [0.29, 0.717) is 11.6 Å². The third kappa shape index (κ3) is 3.30. The molecule has 4 nitrogen and oxygen atoms in total. The Kier molecular flexibility index (Phi) is 4.32. The zero-order valence-electron chi connectivity index (χ0n) is 8.60. The lowest BCUT2D eigenvalue weighted by molar-refractivity contribution is 0.197. The fraction of sp³-hybridized carbons (Fsp3) is 0.600. The molecule has 0 aromatic carbocycles. The zero-order chi connectivity index (χ0) is 10.4. The minimum atomic E-state index is -0.105. The van der Waals surface area contributed by atoms with E-state index in [1.165, 1.54) is 6.20 Å². The first-order chi connectivity index (χ1) is 6.76. The summed E-state index contributed by atoms with van der Waals surface area (Å²) in [5, 5.41) is 8.84. The van der Waals surface area contributed by atoms with Gasteiger partial charge in [0.25, 0.3) is 0 Å². The van der Waals surface area contributed by atoms with Gasteiger partial charge in [0.2, 0.25) is 5.88 Å². The van der Waals surface area contributed by atoms with Gasteiger partial charge in [-0.25, -0.2) is 4.98 Å². The van der Waals surface area contributed by atoms with Crippen molar-refractivity contribution in [3.05, 3.63) is 18.1 Å². The summed E-state index contributed by atoms with van der Waals surface area (Å²) in [6.45, 7) is 4.00. The van der Waals surface area contributed by atoms with Crippen molar-refractivity contribution in [3.8, 4) is 5.88 Å². The molecule has 1 unspecified atom stereocenters. The quantitative estimate of drug-likeness (QED) is 0.776. The summed E-state index contributed by atoms with van der Waals surface area (Å²) in [6.07, 6.45) is 5.30. The normalized spacial score (nSPS) is 12.5. The second-order valence-corrected chi connectivity index (χ2v) is 3.22. The van der Waals surface area contributed by atoms with Crippen LogP contribution in [0.2, 0.25) is 0 Å². The fourth-order valence-corrected chi connectivity index (χ4v) is 1.19. The highest BCUT2D eigenvalue weighted by atomic mass is 16.5. The predicted molar refractivity (Wildman–Crippen MR) is 53.0 cm³/mol. The summed E-state index contributed by atoms with van der Waals surface area (Å²) in [5.41, 5.74) is 0.534. The maximum atomic E-state index is 8.84.